The fraction of sp³-hybridized carbons (Fsp3) is 0.550. The number of amides is 3. The molecule has 2 fully saturated rings. The zero-order chi connectivity index (χ0) is 20.4. The van der Waals surface area contributed by atoms with Gasteiger partial charge in [0, 0.05) is 19.6 Å². The van der Waals surface area contributed by atoms with Crippen LogP contribution in [0.3, 0.4) is 0 Å². The van der Waals surface area contributed by atoms with Gasteiger partial charge in [0.05, 0.1) is 6.54 Å². The van der Waals surface area contributed by atoms with Crippen molar-refractivity contribution in [3.63, 3.8) is 0 Å². The number of hydrogen-bond donors (Lipinski definition) is 0. The quantitative estimate of drug-likeness (QED) is 0.755. The Bertz CT molecular complexity index is 752. The van der Waals surface area contributed by atoms with Crippen molar-refractivity contribution >= 4 is 17.7 Å². The minimum Gasteiger partial charge on any atom is -0.484 e. The molecule has 2 saturated heterocycles. The maximum Gasteiger partial charge on any atom is 0.261 e. The predicted octanol–water partition coefficient (Wildman–Crippen LogP) is 1.13. The van der Waals surface area contributed by atoms with Gasteiger partial charge in [0.25, 0.3) is 5.91 Å². The molecule has 1 aromatic rings. The van der Waals surface area contributed by atoms with Crippen LogP contribution >= 0.6 is 0 Å². The van der Waals surface area contributed by atoms with E-state index in [0.29, 0.717) is 31.3 Å². The van der Waals surface area contributed by atoms with E-state index in [1.807, 2.05) is 13.8 Å². The third-order valence-electron chi connectivity index (χ3n) is 5.14. The van der Waals surface area contributed by atoms with Gasteiger partial charge in [-0.05, 0) is 37.1 Å². The molecule has 28 heavy (non-hydrogen) atoms. The molecule has 152 valence electrons. The molecule has 2 aliphatic heterocycles. The molecule has 0 aromatic heterocycles. The lowest BCUT2D eigenvalue weighted by molar-refractivity contribution is -0.166. The molecule has 7 nitrogen and oxygen atoms in total. The first-order chi connectivity index (χ1) is 13.3. The number of carbonyl (C=O) groups excluding carboxylic acids is 3. The maximum atomic E-state index is 13.0. The number of piperazine rings is 2. The van der Waals surface area contributed by atoms with Crippen LogP contribution in [-0.2, 0) is 14.4 Å². The second-order valence-electron chi connectivity index (χ2n) is 7.69. The molecule has 0 aliphatic carbocycles. The van der Waals surface area contributed by atoms with Crippen LogP contribution in [0.25, 0.3) is 0 Å². The molecule has 3 rings (SSSR count). The Labute approximate surface area is 164 Å². The zero-order valence-corrected chi connectivity index (χ0v) is 16.4. The molecule has 0 spiro atoms. The molecule has 0 radical (unpaired) electrons. The monoisotopic (exact) mass is 391 g/mol. The van der Waals surface area contributed by atoms with Crippen molar-refractivity contribution in [1.82, 2.24) is 14.7 Å². The Morgan fingerprint density at radius 3 is 2.50 bits per heavy atom. The number of fused-ring (bicyclic) bond motifs is 1. The van der Waals surface area contributed by atoms with Gasteiger partial charge in [0.15, 0.2) is 6.61 Å². The molecule has 0 saturated carbocycles. The number of halogens is 1. The molecule has 3 amide bonds. The molecule has 0 unspecified atom stereocenters. The van der Waals surface area contributed by atoms with E-state index in [1.165, 1.54) is 29.2 Å². The molecule has 0 bridgehead atoms. The predicted molar refractivity (Wildman–Crippen MR) is 100.0 cm³/mol. The van der Waals surface area contributed by atoms with E-state index in [-0.39, 0.29) is 30.9 Å². The van der Waals surface area contributed by atoms with Gasteiger partial charge in [0.1, 0.15) is 23.7 Å². The number of ether oxygens (including phenoxy) is 1. The summed E-state index contributed by atoms with van der Waals surface area (Å²) < 4.78 is 18.4. The highest BCUT2D eigenvalue weighted by Gasteiger charge is 2.46. The summed E-state index contributed by atoms with van der Waals surface area (Å²) in [6.07, 6.45) is 0. The van der Waals surface area contributed by atoms with E-state index in [1.54, 1.807) is 16.7 Å². The SMILES string of the molecule is CC(C)CN1CCN2C(=O)[C@H](C)N(C(=O)COc3ccc(F)cc3)C[C@H]2C1=O. The number of benzene rings is 1. The first kappa shape index (κ1) is 20.1. The minimum absolute atomic E-state index is 0.113. The lowest BCUT2D eigenvalue weighted by Crippen LogP contribution is -2.70. The summed E-state index contributed by atoms with van der Waals surface area (Å²) in [6, 6.07) is 4.06. The van der Waals surface area contributed by atoms with E-state index in [4.69, 9.17) is 4.74 Å². The Morgan fingerprint density at radius 2 is 1.86 bits per heavy atom. The summed E-state index contributed by atoms with van der Waals surface area (Å²) >= 11 is 0. The van der Waals surface area contributed by atoms with Crippen molar-refractivity contribution in [3.8, 4) is 5.75 Å². The standard InChI is InChI=1S/C20H26FN3O4/c1-13(2)10-22-8-9-23-17(20(22)27)11-24(14(3)19(23)26)18(25)12-28-16-6-4-15(21)5-7-16/h4-7,13-14,17H,8-12H2,1-3H3/t14-,17-/m0/s1. The highest BCUT2D eigenvalue weighted by Crippen LogP contribution is 2.23. The summed E-state index contributed by atoms with van der Waals surface area (Å²) in [6.45, 7) is 7.26. The molecule has 0 N–H and O–H groups in total. The molecular formula is C20H26FN3O4. The summed E-state index contributed by atoms with van der Waals surface area (Å²) in [7, 11) is 0. The van der Waals surface area contributed by atoms with Crippen LogP contribution in [0.4, 0.5) is 4.39 Å². The lowest BCUT2D eigenvalue weighted by Gasteiger charge is -2.48. The fourth-order valence-corrected chi connectivity index (χ4v) is 3.70. The van der Waals surface area contributed by atoms with Crippen LogP contribution in [0, 0.1) is 11.7 Å². The Hall–Kier alpha value is -2.64. The second-order valence-corrected chi connectivity index (χ2v) is 7.69. The van der Waals surface area contributed by atoms with Crippen LogP contribution in [0.1, 0.15) is 20.8 Å². The lowest BCUT2D eigenvalue weighted by atomic mass is 10.0. The number of carbonyl (C=O) groups is 3. The average molecular weight is 391 g/mol. The highest BCUT2D eigenvalue weighted by molar-refractivity contribution is 5.95. The molecule has 2 aliphatic rings. The van der Waals surface area contributed by atoms with Crippen LogP contribution < -0.4 is 4.74 Å². The van der Waals surface area contributed by atoms with Crippen molar-refractivity contribution in [2.75, 3.05) is 32.8 Å². The van der Waals surface area contributed by atoms with Crippen molar-refractivity contribution in [1.29, 1.82) is 0 Å². The Morgan fingerprint density at radius 1 is 1.18 bits per heavy atom. The maximum absolute atomic E-state index is 13.0. The van der Waals surface area contributed by atoms with Crippen molar-refractivity contribution < 1.29 is 23.5 Å². The molecule has 2 heterocycles. The first-order valence-electron chi connectivity index (χ1n) is 9.55. The smallest absolute Gasteiger partial charge is 0.261 e. The summed E-state index contributed by atoms with van der Waals surface area (Å²) in [5.74, 6) is -0.407. The van der Waals surface area contributed by atoms with Gasteiger partial charge in [-0.15, -0.1) is 0 Å². The van der Waals surface area contributed by atoms with E-state index < -0.39 is 17.9 Å². The fourth-order valence-electron chi connectivity index (χ4n) is 3.70. The topological polar surface area (TPSA) is 70.2 Å². The van der Waals surface area contributed by atoms with Crippen molar-refractivity contribution in [3.05, 3.63) is 30.1 Å². The third-order valence-corrected chi connectivity index (χ3v) is 5.14. The van der Waals surface area contributed by atoms with Gasteiger partial charge in [-0.1, -0.05) is 13.8 Å². The van der Waals surface area contributed by atoms with Gasteiger partial charge >= 0.3 is 0 Å². The zero-order valence-electron chi connectivity index (χ0n) is 16.4. The van der Waals surface area contributed by atoms with E-state index >= 15 is 0 Å². The normalized spacial score (nSPS) is 22.5. The van der Waals surface area contributed by atoms with Crippen LogP contribution in [0.2, 0.25) is 0 Å². The Balaban J connectivity index is 1.67. The van der Waals surface area contributed by atoms with Crippen molar-refractivity contribution in [2.24, 2.45) is 5.92 Å². The van der Waals surface area contributed by atoms with Crippen LogP contribution in [0.15, 0.2) is 24.3 Å². The van der Waals surface area contributed by atoms with Gasteiger partial charge in [-0.2, -0.15) is 0 Å². The largest absolute Gasteiger partial charge is 0.484 e. The second kappa shape index (κ2) is 8.16. The van der Waals surface area contributed by atoms with Crippen molar-refractivity contribution in [2.45, 2.75) is 32.9 Å². The minimum atomic E-state index is -0.648. The van der Waals surface area contributed by atoms with E-state index in [0.717, 1.165) is 0 Å². The first-order valence-corrected chi connectivity index (χ1v) is 9.55. The average Bonchev–Trinajstić information content (AvgIpc) is 2.66. The highest BCUT2D eigenvalue weighted by atomic mass is 19.1. The van der Waals surface area contributed by atoms with E-state index in [2.05, 4.69) is 0 Å². The van der Waals surface area contributed by atoms with E-state index in [9.17, 15) is 18.8 Å². The third kappa shape index (κ3) is 4.10. The van der Waals surface area contributed by atoms with Crippen LogP contribution in [-0.4, -0.2) is 77.3 Å². The molecule has 8 heteroatoms. The number of rotatable bonds is 5. The van der Waals surface area contributed by atoms with Gasteiger partial charge in [0.2, 0.25) is 11.8 Å². The molecule has 2 atom stereocenters. The molecular weight excluding hydrogens is 365 g/mol. The number of nitrogens with zero attached hydrogens (tertiary/aromatic N) is 3. The summed E-state index contributed by atoms with van der Waals surface area (Å²) in [5.41, 5.74) is 0. The summed E-state index contributed by atoms with van der Waals surface area (Å²) in [5, 5.41) is 0. The summed E-state index contributed by atoms with van der Waals surface area (Å²) in [4.78, 5) is 43.0. The number of hydrogen-bond acceptors (Lipinski definition) is 4. The molecule has 1 aromatic carbocycles. The van der Waals surface area contributed by atoms with Gasteiger partial charge < -0.3 is 19.4 Å². The van der Waals surface area contributed by atoms with Gasteiger partial charge in [-0.3, -0.25) is 14.4 Å². The Kier molecular flexibility index (Phi) is 5.86. The van der Waals surface area contributed by atoms with Gasteiger partial charge in [-0.25, -0.2) is 4.39 Å². The van der Waals surface area contributed by atoms with Crippen LogP contribution in [0.5, 0.6) is 5.75 Å².